The molecule has 5 nitrogen and oxygen atoms in total. The first kappa shape index (κ1) is 12.4. The Hall–Kier alpha value is -1.59. The van der Waals surface area contributed by atoms with Crippen molar-refractivity contribution in [1.29, 1.82) is 0 Å². The van der Waals surface area contributed by atoms with E-state index < -0.39 is 0 Å². The molecule has 0 spiro atoms. The molecular weight excluding hydrogens is 240 g/mol. The van der Waals surface area contributed by atoms with Crippen LogP contribution in [0.4, 0.5) is 0 Å². The minimum Gasteiger partial charge on any atom is -0.330 e. The number of imidazole rings is 1. The van der Waals surface area contributed by atoms with E-state index in [4.69, 9.17) is 5.73 Å². The predicted octanol–water partition coefficient (Wildman–Crippen LogP) is 0.727. The Morgan fingerprint density at radius 2 is 2.05 bits per heavy atom. The number of nitrogens with two attached hydrogens (primary N) is 1. The summed E-state index contributed by atoms with van der Waals surface area (Å²) in [5, 5.41) is 3.48. The van der Waals surface area contributed by atoms with Crippen molar-refractivity contribution in [1.82, 2.24) is 15.3 Å². The van der Waals surface area contributed by atoms with Gasteiger partial charge in [0, 0.05) is 6.54 Å². The molecule has 0 unspecified atom stereocenters. The Balaban J connectivity index is 1.55. The summed E-state index contributed by atoms with van der Waals surface area (Å²) in [5.41, 5.74) is 8.96. The van der Waals surface area contributed by atoms with Gasteiger partial charge in [0.2, 0.25) is 0 Å². The van der Waals surface area contributed by atoms with Crippen LogP contribution in [-0.4, -0.2) is 29.6 Å². The summed E-state index contributed by atoms with van der Waals surface area (Å²) in [7, 11) is 0. The molecule has 1 aromatic carbocycles. The summed E-state index contributed by atoms with van der Waals surface area (Å²) in [6.45, 7) is 2.76. The van der Waals surface area contributed by atoms with Crippen LogP contribution in [-0.2, 0) is 6.42 Å². The van der Waals surface area contributed by atoms with Crippen molar-refractivity contribution in [2.75, 3.05) is 19.6 Å². The average Bonchev–Trinajstić information content (AvgIpc) is 3.09. The lowest BCUT2D eigenvalue weighted by Gasteiger charge is -2.13. The van der Waals surface area contributed by atoms with Crippen LogP contribution >= 0.6 is 0 Å². The van der Waals surface area contributed by atoms with Gasteiger partial charge < -0.3 is 21.0 Å². The summed E-state index contributed by atoms with van der Waals surface area (Å²) in [4.78, 5) is 16.7. The van der Waals surface area contributed by atoms with Gasteiger partial charge in [0.25, 0.3) is 0 Å². The van der Waals surface area contributed by atoms with Crippen LogP contribution in [0, 0.1) is 5.41 Å². The second-order valence-electron chi connectivity index (χ2n) is 5.59. The Kier molecular flexibility index (Phi) is 3.16. The lowest BCUT2D eigenvalue weighted by atomic mass is 10.1. The Labute approximate surface area is 111 Å². The fourth-order valence-electron chi connectivity index (χ4n) is 2.45. The van der Waals surface area contributed by atoms with Gasteiger partial charge in [-0.25, -0.2) is 4.79 Å². The van der Waals surface area contributed by atoms with E-state index in [1.807, 2.05) is 12.1 Å². The van der Waals surface area contributed by atoms with E-state index in [0.717, 1.165) is 37.1 Å². The molecule has 3 rings (SSSR count). The molecule has 1 aliphatic carbocycles. The van der Waals surface area contributed by atoms with E-state index in [-0.39, 0.29) is 5.69 Å². The quantitative estimate of drug-likeness (QED) is 0.577. The van der Waals surface area contributed by atoms with Crippen molar-refractivity contribution in [2.24, 2.45) is 11.1 Å². The maximum Gasteiger partial charge on any atom is 0.323 e. The maximum absolute atomic E-state index is 11.2. The normalized spacial score (nSPS) is 16.9. The number of hydrogen-bond donors (Lipinski definition) is 4. The predicted molar refractivity (Wildman–Crippen MR) is 76.2 cm³/mol. The third-order valence-electron chi connectivity index (χ3n) is 4.06. The number of rotatable bonds is 6. The van der Waals surface area contributed by atoms with E-state index in [0.29, 0.717) is 5.41 Å². The van der Waals surface area contributed by atoms with Crippen molar-refractivity contribution in [3.05, 3.63) is 34.2 Å². The van der Waals surface area contributed by atoms with Crippen LogP contribution in [0.15, 0.2) is 23.0 Å². The van der Waals surface area contributed by atoms with Gasteiger partial charge in [-0.15, -0.1) is 0 Å². The topological polar surface area (TPSA) is 86.7 Å². The SMILES string of the molecule is NCC1(CNCCc2ccc3[nH]c(=O)[nH]c3c2)CC1. The number of aromatic nitrogens is 2. The third kappa shape index (κ3) is 2.72. The van der Waals surface area contributed by atoms with Crippen molar-refractivity contribution in [3.8, 4) is 0 Å². The highest BCUT2D eigenvalue weighted by molar-refractivity contribution is 5.74. The molecule has 19 heavy (non-hydrogen) atoms. The molecule has 0 aliphatic heterocycles. The van der Waals surface area contributed by atoms with Crippen molar-refractivity contribution >= 4 is 11.0 Å². The van der Waals surface area contributed by atoms with Crippen LogP contribution in [0.25, 0.3) is 11.0 Å². The number of benzene rings is 1. The summed E-state index contributed by atoms with van der Waals surface area (Å²) >= 11 is 0. The van der Waals surface area contributed by atoms with Gasteiger partial charge in [0.05, 0.1) is 11.0 Å². The first-order valence-corrected chi connectivity index (χ1v) is 6.83. The van der Waals surface area contributed by atoms with Gasteiger partial charge >= 0.3 is 5.69 Å². The molecule has 0 radical (unpaired) electrons. The molecule has 0 atom stereocenters. The molecule has 0 saturated heterocycles. The summed E-state index contributed by atoms with van der Waals surface area (Å²) in [6, 6.07) is 6.04. The van der Waals surface area contributed by atoms with E-state index in [9.17, 15) is 4.79 Å². The second kappa shape index (κ2) is 4.83. The van der Waals surface area contributed by atoms with Crippen LogP contribution in [0.1, 0.15) is 18.4 Å². The van der Waals surface area contributed by atoms with E-state index in [1.54, 1.807) is 0 Å². The Morgan fingerprint density at radius 1 is 1.26 bits per heavy atom. The van der Waals surface area contributed by atoms with Crippen molar-refractivity contribution < 1.29 is 0 Å². The number of nitrogens with one attached hydrogen (secondary N) is 3. The average molecular weight is 260 g/mol. The lowest BCUT2D eigenvalue weighted by molar-refractivity contribution is 0.470. The van der Waals surface area contributed by atoms with Crippen LogP contribution in [0.3, 0.4) is 0 Å². The lowest BCUT2D eigenvalue weighted by Crippen LogP contribution is -2.30. The maximum atomic E-state index is 11.2. The smallest absolute Gasteiger partial charge is 0.323 e. The van der Waals surface area contributed by atoms with Crippen LogP contribution in [0.5, 0.6) is 0 Å². The molecule has 1 aromatic heterocycles. The first-order chi connectivity index (χ1) is 9.21. The highest BCUT2D eigenvalue weighted by atomic mass is 16.1. The van der Waals surface area contributed by atoms with E-state index >= 15 is 0 Å². The second-order valence-corrected chi connectivity index (χ2v) is 5.59. The zero-order chi connectivity index (χ0) is 13.3. The van der Waals surface area contributed by atoms with E-state index in [1.165, 1.54) is 18.4 Å². The monoisotopic (exact) mass is 260 g/mol. The fraction of sp³-hybridized carbons (Fsp3) is 0.500. The highest BCUT2D eigenvalue weighted by Crippen LogP contribution is 2.43. The Bertz CT molecular complexity index is 624. The molecule has 5 N–H and O–H groups in total. The van der Waals surface area contributed by atoms with Gasteiger partial charge in [-0.2, -0.15) is 0 Å². The molecule has 0 amide bonds. The molecule has 1 saturated carbocycles. The summed E-state index contributed by atoms with van der Waals surface area (Å²) in [6.07, 6.45) is 3.48. The molecule has 1 fully saturated rings. The highest BCUT2D eigenvalue weighted by Gasteiger charge is 2.40. The largest absolute Gasteiger partial charge is 0.330 e. The number of hydrogen-bond acceptors (Lipinski definition) is 3. The fourth-order valence-corrected chi connectivity index (χ4v) is 2.45. The van der Waals surface area contributed by atoms with Gasteiger partial charge in [0.15, 0.2) is 0 Å². The van der Waals surface area contributed by atoms with E-state index in [2.05, 4.69) is 21.4 Å². The number of fused-ring (bicyclic) bond motifs is 1. The number of aromatic amines is 2. The minimum atomic E-state index is -0.149. The van der Waals surface area contributed by atoms with Gasteiger partial charge in [-0.1, -0.05) is 6.07 Å². The summed E-state index contributed by atoms with van der Waals surface area (Å²) in [5.74, 6) is 0. The molecule has 0 bridgehead atoms. The van der Waals surface area contributed by atoms with Crippen molar-refractivity contribution in [3.63, 3.8) is 0 Å². The van der Waals surface area contributed by atoms with Crippen LogP contribution < -0.4 is 16.7 Å². The standard InChI is InChI=1S/C14H20N4O/c15-8-14(4-5-14)9-16-6-3-10-1-2-11-12(7-10)18-13(19)17-11/h1-2,7,16H,3-6,8-9,15H2,(H2,17,18,19). The third-order valence-corrected chi connectivity index (χ3v) is 4.06. The van der Waals surface area contributed by atoms with Crippen LogP contribution in [0.2, 0.25) is 0 Å². The number of H-pyrrole nitrogens is 2. The Morgan fingerprint density at radius 3 is 2.79 bits per heavy atom. The van der Waals surface area contributed by atoms with Crippen molar-refractivity contribution in [2.45, 2.75) is 19.3 Å². The zero-order valence-electron chi connectivity index (χ0n) is 11.0. The zero-order valence-corrected chi connectivity index (χ0v) is 11.0. The van der Waals surface area contributed by atoms with Gasteiger partial charge in [0.1, 0.15) is 0 Å². The first-order valence-electron chi connectivity index (χ1n) is 6.83. The molecule has 2 aromatic rings. The molecule has 5 heteroatoms. The molecular formula is C14H20N4O. The summed E-state index contributed by atoms with van der Waals surface area (Å²) < 4.78 is 0. The van der Waals surface area contributed by atoms with Gasteiger partial charge in [-0.05, 0) is 55.5 Å². The van der Waals surface area contributed by atoms with Gasteiger partial charge in [-0.3, -0.25) is 0 Å². The molecule has 1 heterocycles. The molecule has 102 valence electrons. The molecule has 1 aliphatic rings. The minimum absolute atomic E-state index is 0.149.